The van der Waals surface area contributed by atoms with Gasteiger partial charge in [0.1, 0.15) is 23.9 Å². The van der Waals surface area contributed by atoms with Crippen LogP contribution >= 0.6 is 0 Å². The van der Waals surface area contributed by atoms with Crippen molar-refractivity contribution in [3.05, 3.63) is 76.8 Å². The summed E-state index contributed by atoms with van der Waals surface area (Å²) in [5.74, 6) is -3.11. The molecule has 2 aromatic rings. The van der Waals surface area contributed by atoms with E-state index in [1.54, 1.807) is 36.4 Å². The van der Waals surface area contributed by atoms with Crippen LogP contribution in [0.3, 0.4) is 0 Å². The first-order valence-corrected chi connectivity index (χ1v) is 10.9. The number of carbonyl (C=O) groups is 3. The van der Waals surface area contributed by atoms with Crippen LogP contribution in [0.5, 0.6) is 5.75 Å². The molecular weight excluding hydrogens is 480 g/mol. The van der Waals surface area contributed by atoms with E-state index in [0.29, 0.717) is 11.3 Å². The highest BCUT2D eigenvalue weighted by Crippen LogP contribution is 2.45. The molecule has 1 heterocycles. The normalized spacial score (nSPS) is 15.1. The number of carbonyl (C=O) groups excluding carboxylic acids is 3. The number of esters is 2. The van der Waals surface area contributed by atoms with Crippen molar-refractivity contribution in [2.75, 3.05) is 45.3 Å². The Bertz CT molecular complexity index is 1310. The van der Waals surface area contributed by atoms with Crippen LogP contribution in [0.2, 0.25) is 0 Å². The van der Waals surface area contributed by atoms with E-state index in [2.05, 4.69) is 11.4 Å². The highest BCUT2D eigenvalue weighted by atomic mass is 16.5. The predicted octanol–water partition coefficient (Wildman–Crippen LogP) is 2.18. The maximum atomic E-state index is 13.3. The molecule has 0 saturated heterocycles. The lowest BCUT2D eigenvalue weighted by Gasteiger charge is -2.36. The number of amides is 1. The van der Waals surface area contributed by atoms with E-state index in [0.717, 1.165) is 14.2 Å². The Balaban J connectivity index is 2.42. The molecule has 1 unspecified atom stereocenters. The molecule has 0 radical (unpaired) electrons. The lowest BCUT2D eigenvalue weighted by molar-refractivity contribution is -0.139. The second-order valence-corrected chi connectivity index (χ2v) is 7.70. The van der Waals surface area contributed by atoms with Crippen molar-refractivity contribution in [2.24, 2.45) is 5.73 Å². The molecule has 0 bridgehead atoms. The summed E-state index contributed by atoms with van der Waals surface area (Å²) in [7, 11) is 5.10. The van der Waals surface area contributed by atoms with E-state index < -0.39 is 23.8 Å². The zero-order valence-electron chi connectivity index (χ0n) is 20.7. The van der Waals surface area contributed by atoms with Crippen LogP contribution in [-0.2, 0) is 28.6 Å². The fourth-order valence-electron chi connectivity index (χ4n) is 4.01. The number of nitriles is 1. The summed E-state index contributed by atoms with van der Waals surface area (Å²) in [5, 5.41) is 12.9. The third kappa shape index (κ3) is 5.24. The quantitative estimate of drug-likeness (QED) is 0.509. The molecule has 0 fully saturated rings. The van der Waals surface area contributed by atoms with Gasteiger partial charge in [0, 0.05) is 13.2 Å². The highest BCUT2D eigenvalue weighted by molar-refractivity contribution is 6.08. The fraction of sp³-hybridized carbons (Fsp3) is 0.231. The van der Waals surface area contributed by atoms with Crippen molar-refractivity contribution < 1.29 is 33.3 Å². The Morgan fingerprint density at radius 3 is 2.27 bits per heavy atom. The maximum absolute atomic E-state index is 13.3. The van der Waals surface area contributed by atoms with Crippen LogP contribution < -0.4 is 20.7 Å². The van der Waals surface area contributed by atoms with Crippen LogP contribution in [0.15, 0.2) is 71.2 Å². The van der Waals surface area contributed by atoms with Gasteiger partial charge in [0.15, 0.2) is 0 Å². The molecule has 0 aliphatic carbocycles. The topological polar surface area (TPSA) is 153 Å². The maximum Gasteiger partial charge on any atom is 0.355 e. The summed E-state index contributed by atoms with van der Waals surface area (Å²) in [6.45, 7) is -0.247. The van der Waals surface area contributed by atoms with E-state index >= 15 is 0 Å². The Morgan fingerprint density at radius 1 is 1.03 bits per heavy atom. The van der Waals surface area contributed by atoms with Crippen molar-refractivity contribution in [1.82, 2.24) is 0 Å². The number of hydrogen-bond donors (Lipinski definition) is 2. The predicted molar refractivity (Wildman–Crippen MR) is 133 cm³/mol. The van der Waals surface area contributed by atoms with Crippen molar-refractivity contribution in [3.63, 3.8) is 0 Å². The summed E-state index contributed by atoms with van der Waals surface area (Å²) in [4.78, 5) is 40.0. The summed E-state index contributed by atoms with van der Waals surface area (Å²) in [6.07, 6.45) is 0. The van der Waals surface area contributed by atoms with Gasteiger partial charge in [0.2, 0.25) is 5.91 Å². The SMILES string of the molecule is COCC(=O)Nc1ccc(OC)cc1N1C(N)=C(C#N)C(c2ccccc2)C(C(=O)OC)=C1C(=O)OC. The Kier molecular flexibility index (Phi) is 8.50. The van der Waals surface area contributed by atoms with Gasteiger partial charge in [-0.2, -0.15) is 5.26 Å². The van der Waals surface area contributed by atoms with Gasteiger partial charge >= 0.3 is 11.9 Å². The lowest BCUT2D eigenvalue weighted by Crippen LogP contribution is -2.41. The number of methoxy groups -OCH3 is 4. The molecule has 1 aliphatic heterocycles. The summed E-state index contributed by atoms with van der Waals surface area (Å²) < 4.78 is 20.3. The van der Waals surface area contributed by atoms with Crippen LogP contribution in [0, 0.1) is 11.3 Å². The number of nitrogens with two attached hydrogens (primary N) is 1. The van der Waals surface area contributed by atoms with E-state index in [1.807, 2.05) is 0 Å². The molecule has 2 aromatic carbocycles. The molecule has 1 amide bonds. The first kappa shape index (κ1) is 26.8. The third-order valence-corrected chi connectivity index (χ3v) is 5.61. The minimum atomic E-state index is -1.03. The third-order valence-electron chi connectivity index (χ3n) is 5.61. The first-order chi connectivity index (χ1) is 17.8. The second kappa shape index (κ2) is 11.7. The van der Waals surface area contributed by atoms with Gasteiger partial charge in [-0.25, -0.2) is 9.59 Å². The van der Waals surface area contributed by atoms with Crippen molar-refractivity contribution in [2.45, 2.75) is 5.92 Å². The van der Waals surface area contributed by atoms with Crippen molar-refractivity contribution in [3.8, 4) is 11.8 Å². The fourth-order valence-corrected chi connectivity index (χ4v) is 4.01. The highest BCUT2D eigenvalue weighted by Gasteiger charge is 2.43. The van der Waals surface area contributed by atoms with Crippen molar-refractivity contribution in [1.29, 1.82) is 5.26 Å². The number of rotatable bonds is 8. The van der Waals surface area contributed by atoms with Gasteiger partial charge < -0.3 is 30.0 Å². The van der Waals surface area contributed by atoms with E-state index in [1.165, 1.54) is 31.3 Å². The molecule has 0 saturated carbocycles. The molecule has 192 valence electrons. The molecular formula is C26H26N4O7. The smallest absolute Gasteiger partial charge is 0.355 e. The largest absolute Gasteiger partial charge is 0.497 e. The molecule has 3 rings (SSSR count). The number of allylic oxidation sites excluding steroid dienone is 1. The second-order valence-electron chi connectivity index (χ2n) is 7.70. The minimum absolute atomic E-state index is 0.0174. The number of benzene rings is 2. The molecule has 11 nitrogen and oxygen atoms in total. The van der Waals surface area contributed by atoms with Crippen LogP contribution in [0.4, 0.5) is 11.4 Å². The molecule has 0 spiro atoms. The van der Waals surface area contributed by atoms with Crippen molar-refractivity contribution >= 4 is 29.2 Å². The summed E-state index contributed by atoms with van der Waals surface area (Å²) >= 11 is 0. The van der Waals surface area contributed by atoms with Gasteiger partial charge in [0.25, 0.3) is 0 Å². The number of nitrogens with zero attached hydrogens (tertiary/aromatic N) is 2. The number of ether oxygens (including phenoxy) is 4. The lowest BCUT2D eigenvalue weighted by atomic mass is 9.81. The molecule has 0 aromatic heterocycles. The zero-order chi connectivity index (χ0) is 27.1. The Labute approximate surface area is 213 Å². The number of nitrogens with one attached hydrogen (secondary N) is 1. The molecule has 1 atom stereocenters. The van der Waals surface area contributed by atoms with Gasteiger partial charge in [-0.15, -0.1) is 0 Å². The standard InChI is InChI=1S/C26H26N4O7/c1-34-14-20(31)29-18-11-10-16(35-2)12-19(18)30-23(26(33)37-4)22(25(32)36-3)21(17(13-27)24(30)28)15-8-6-5-7-9-15/h5-12,21H,14,28H2,1-4H3,(H,29,31). The summed E-state index contributed by atoms with van der Waals surface area (Å²) in [5.41, 5.74) is 6.95. The molecule has 1 aliphatic rings. The molecule has 11 heteroatoms. The van der Waals surface area contributed by atoms with Crippen LogP contribution in [0.25, 0.3) is 0 Å². The zero-order valence-corrected chi connectivity index (χ0v) is 20.7. The average Bonchev–Trinajstić information content (AvgIpc) is 2.92. The number of hydrogen-bond acceptors (Lipinski definition) is 10. The van der Waals surface area contributed by atoms with Gasteiger partial charge in [-0.05, 0) is 17.7 Å². The van der Waals surface area contributed by atoms with Gasteiger partial charge in [-0.1, -0.05) is 30.3 Å². The van der Waals surface area contributed by atoms with E-state index in [4.69, 9.17) is 24.7 Å². The summed E-state index contributed by atoms with van der Waals surface area (Å²) in [6, 6.07) is 15.3. The van der Waals surface area contributed by atoms with Gasteiger partial charge in [-0.3, -0.25) is 9.69 Å². The monoisotopic (exact) mass is 506 g/mol. The van der Waals surface area contributed by atoms with Crippen LogP contribution in [-0.4, -0.2) is 52.9 Å². The Hall–Kier alpha value is -4.82. The van der Waals surface area contributed by atoms with E-state index in [-0.39, 0.29) is 40.6 Å². The Morgan fingerprint density at radius 2 is 1.70 bits per heavy atom. The van der Waals surface area contributed by atoms with E-state index in [9.17, 15) is 19.6 Å². The first-order valence-electron chi connectivity index (χ1n) is 10.9. The minimum Gasteiger partial charge on any atom is -0.497 e. The molecule has 3 N–H and O–H groups in total. The molecule has 37 heavy (non-hydrogen) atoms. The average molecular weight is 507 g/mol. The van der Waals surface area contributed by atoms with Crippen LogP contribution in [0.1, 0.15) is 11.5 Å². The number of anilines is 2. The van der Waals surface area contributed by atoms with Gasteiger partial charge in [0.05, 0.1) is 55.8 Å².